The van der Waals surface area contributed by atoms with Crippen molar-refractivity contribution in [2.45, 2.75) is 57.5 Å². The fourth-order valence-electron chi connectivity index (χ4n) is 7.49. The molecule has 2 aromatic carbocycles. The predicted octanol–water partition coefficient (Wildman–Crippen LogP) is 5.55. The molecular weight excluding hydrogens is 580 g/mol. The maximum absolute atomic E-state index is 15.0. The van der Waals surface area contributed by atoms with Gasteiger partial charge in [-0.2, -0.15) is 0 Å². The fraction of sp³-hybridized carbons (Fsp3) is 0.441. The zero-order chi connectivity index (χ0) is 31.6. The van der Waals surface area contributed by atoms with Crippen molar-refractivity contribution < 1.29 is 23.5 Å². The van der Waals surface area contributed by atoms with Crippen LogP contribution in [0.3, 0.4) is 0 Å². The Labute approximate surface area is 260 Å². The normalized spacial score (nSPS) is 22.2. The van der Waals surface area contributed by atoms with E-state index in [4.69, 9.17) is 5.11 Å². The molecule has 1 aromatic heterocycles. The highest BCUT2D eigenvalue weighted by Gasteiger charge is 2.47. The van der Waals surface area contributed by atoms with Crippen LogP contribution >= 0.6 is 0 Å². The third kappa shape index (κ3) is 6.53. The maximum Gasteiger partial charge on any atom is 0.325 e. The second kappa shape index (κ2) is 12.9. The lowest BCUT2D eigenvalue weighted by Gasteiger charge is -2.49. The summed E-state index contributed by atoms with van der Waals surface area (Å²) < 4.78 is 31.0. The van der Waals surface area contributed by atoms with E-state index in [1.54, 1.807) is 21.9 Å². The van der Waals surface area contributed by atoms with Crippen molar-refractivity contribution in [1.82, 2.24) is 19.4 Å². The van der Waals surface area contributed by atoms with Crippen molar-refractivity contribution in [3.8, 4) is 11.3 Å². The first-order valence-electron chi connectivity index (χ1n) is 15.6. The summed E-state index contributed by atoms with van der Waals surface area (Å²) >= 11 is 0. The summed E-state index contributed by atoms with van der Waals surface area (Å²) in [5, 5.41) is 9.10. The number of amides is 2. The molecule has 2 saturated heterocycles. The van der Waals surface area contributed by atoms with Gasteiger partial charge in [-0.3, -0.25) is 19.1 Å². The number of benzene rings is 2. The van der Waals surface area contributed by atoms with Gasteiger partial charge in [-0.25, -0.2) is 18.6 Å². The lowest BCUT2D eigenvalue weighted by atomic mass is 9.69. The molecule has 1 N–H and O–H groups in total. The molecule has 2 atom stereocenters. The lowest BCUT2D eigenvalue weighted by Crippen LogP contribution is -2.56. The average molecular weight is 618 g/mol. The van der Waals surface area contributed by atoms with Crippen molar-refractivity contribution in [1.29, 1.82) is 0 Å². The van der Waals surface area contributed by atoms with Crippen molar-refractivity contribution in [2.75, 3.05) is 26.2 Å². The van der Waals surface area contributed by atoms with Gasteiger partial charge in [0, 0.05) is 61.9 Å². The Hall–Kier alpha value is -4.41. The molecule has 1 spiro atoms. The Morgan fingerprint density at radius 2 is 1.82 bits per heavy atom. The second-order valence-electron chi connectivity index (χ2n) is 12.5. The van der Waals surface area contributed by atoms with E-state index < -0.39 is 30.2 Å². The van der Waals surface area contributed by atoms with Crippen LogP contribution in [0.2, 0.25) is 0 Å². The zero-order valence-corrected chi connectivity index (χ0v) is 25.1. The highest BCUT2D eigenvalue weighted by atomic mass is 19.1. The number of likely N-dealkylation sites (tertiary alicyclic amines) is 2. The standard InChI is InChI=1S/C34H37F2N5O4/c35-25-8-9-28(36)27(16-25)30-17-26(37-19-32(43)44)11-15-41(30)33(45)39-14-10-24(34(21-39)12-4-5-13-34)20-40-22-38-29(18-31(40)42)23-6-2-1-3-7-23/h1-3,6-9,16,18,22,24,30H,4-5,10-15,17,19-21H2,(H,43,44)/t24-,30-/m0/s1. The van der Waals surface area contributed by atoms with E-state index in [0.29, 0.717) is 43.9 Å². The summed E-state index contributed by atoms with van der Waals surface area (Å²) in [6, 6.07) is 13.3. The van der Waals surface area contributed by atoms with Crippen LogP contribution in [0, 0.1) is 23.0 Å². The Morgan fingerprint density at radius 3 is 2.56 bits per heavy atom. The molecule has 0 bridgehead atoms. The van der Waals surface area contributed by atoms with Gasteiger partial charge in [-0.1, -0.05) is 43.2 Å². The van der Waals surface area contributed by atoms with E-state index in [1.807, 2.05) is 35.2 Å². The van der Waals surface area contributed by atoms with E-state index >= 15 is 4.39 Å². The summed E-state index contributed by atoms with van der Waals surface area (Å²) in [4.78, 5) is 50.6. The molecule has 2 aliphatic heterocycles. The highest BCUT2D eigenvalue weighted by molar-refractivity contribution is 5.89. The summed E-state index contributed by atoms with van der Waals surface area (Å²) in [5.41, 5.74) is 1.88. The summed E-state index contributed by atoms with van der Waals surface area (Å²) in [7, 11) is 0. The molecule has 3 aromatic rings. The number of hydrogen-bond donors (Lipinski definition) is 1. The smallest absolute Gasteiger partial charge is 0.325 e. The minimum absolute atomic E-state index is 0.0577. The van der Waals surface area contributed by atoms with Gasteiger partial charge in [0.1, 0.15) is 18.2 Å². The Morgan fingerprint density at radius 1 is 1.04 bits per heavy atom. The average Bonchev–Trinajstić information content (AvgIpc) is 3.51. The third-order valence-corrected chi connectivity index (χ3v) is 9.80. The van der Waals surface area contributed by atoms with Crippen molar-refractivity contribution in [3.63, 3.8) is 0 Å². The molecule has 1 aliphatic carbocycles. The van der Waals surface area contributed by atoms with Gasteiger partial charge < -0.3 is 14.9 Å². The number of carboxylic acid groups (broad SMARTS) is 1. The molecule has 1 saturated carbocycles. The topological polar surface area (TPSA) is 108 Å². The quantitative estimate of drug-likeness (QED) is 0.390. The number of carbonyl (C=O) groups excluding carboxylic acids is 1. The van der Waals surface area contributed by atoms with E-state index in [-0.39, 0.29) is 41.5 Å². The molecule has 236 valence electrons. The molecule has 45 heavy (non-hydrogen) atoms. The number of carbonyl (C=O) groups is 2. The number of aliphatic imine (C=N–C) groups is 1. The summed E-state index contributed by atoms with van der Waals surface area (Å²) in [5.74, 6) is -2.13. The largest absolute Gasteiger partial charge is 0.480 e. The predicted molar refractivity (Wildman–Crippen MR) is 165 cm³/mol. The van der Waals surface area contributed by atoms with Gasteiger partial charge >= 0.3 is 12.0 Å². The van der Waals surface area contributed by atoms with Crippen LogP contribution in [-0.2, 0) is 11.3 Å². The second-order valence-corrected chi connectivity index (χ2v) is 12.5. The molecule has 3 aliphatic rings. The zero-order valence-electron chi connectivity index (χ0n) is 25.1. The number of aromatic nitrogens is 2. The van der Waals surface area contributed by atoms with Crippen molar-refractivity contribution in [3.05, 3.63) is 88.5 Å². The van der Waals surface area contributed by atoms with Crippen LogP contribution in [0.25, 0.3) is 11.3 Å². The first-order valence-corrected chi connectivity index (χ1v) is 15.6. The monoisotopic (exact) mass is 617 g/mol. The number of halogens is 2. The SMILES string of the molecule is O=C(O)CN=C1CCN(C(=O)N2CC[C@@H](Cn3cnc(-c4ccccc4)cc3=O)C3(CCCC3)C2)[C@H](c2cc(F)ccc2F)C1. The number of aliphatic carboxylic acids is 1. The highest BCUT2D eigenvalue weighted by Crippen LogP contribution is 2.49. The van der Waals surface area contributed by atoms with E-state index in [1.165, 1.54) is 0 Å². The lowest BCUT2D eigenvalue weighted by molar-refractivity contribution is -0.135. The molecule has 0 radical (unpaired) electrons. The minimum Gasteiger partial charge on any atom is -0.480 e. The van der Waals surface area contributed by atoms with Gasteiger partial charge in [0.05, 0.1) is 18.1 Å². The number of nitrogens with zero attached hydrogens (tertiary/aromatic N) is 5. The molecular formula is C34H37F2N5O4. The van der Waals surface area contributed by atoms with Crippen LogP contribution in [0.15, 0.2) is 70.7 Å². The molecule has 3 fully saturated rings. The Bertz CT molecular complexity index is 1650. The molecule has 3 heterocycles. The number of hydrogen-bond acceptors (Lipinski definition) is 5. The van der Waals surface area contributed by atoms with Crippen LogP contribution in [-0.4, -0.2) is 68.3 Å². The van der Waals surface area contributed by atoms with E-state index in [9.17, 15) is 18.8 Å². The van der Waals surface area contributed by atoms with Gasteiger partial charge in [0.25, 0.3) is 5.56 Å². The number of carboxylic acids is 1. The van der Waals surface area contributed by atoms with Crippen molar-refractivity contribution >= 4 is 17.7 Å². The Balaban J connectivity index is 1.22. The van der Waals surface area contributed by atoms with Gasteiger partial charge in [-0.15, -0.1) is 0 Å². The van der Waals surface area contributed by atoms with Crippen LogP contribution in [0.5, 0.6) is 0 Å². The van der Waals surface area contributed by atoms with E-state index in [2.05, 4.69) is 9.98 Å². The fourth-order valence-corrected chi connectivity index (χ4v) is 7.49. The third-order valence-electron chi connectivity index (χ3n) is 9.80. The number of piperidine rings is 2. The molecule has 2 amide bonds. The summed E-state index contributed by atoms with van der Waals surface area (Å²) in [6.45, 7) is 1.33. The number of rotatable bonds is 6. The molecule has 11 heteroatoms. The maximum atomic E-state index is 15.0. The first kappa shape index (κ1) is 30.6. The van der Waals surface area contributed by atoms with E-state index in [0.717, 1.165) is 49.4 Å². The van der Waals surface area contributed by atoms with Crippen LogP contribution in [0.4, 0.5) is 13.6 Å². The molecule has 6 rings (SSSR count). The van der Waals surface area contributed by atoms with Gasteiger partial charge in [0.2, 0.25) is 0 Å². The molecule has 9 nitrogen and oxygen atoms in total. The van der Waals surface area contributed by atoms with Crippen LogP contribution in [0.1, 0.15) is 56.6 Å². The minimum atomic E-state index is -1.08. The summed E-state index contributed by atoms with van der Waals surface area (Å²) in [6.07, 6.45) is 6.81. The first-order chi connectivity index (χ1) is 21.7. The Kier molecular flexibility index (Phi) is 8.78. The molecule has 0 unspecified atom stereocenters. The van der Waals surface area contributed by atoms with Gasteiger partial charge in [-0.05, 0) is 48.8 Å². The number of urea groups is 1. The van der Waals surface area contributed by atoms with Crippen LogP contribution < -0.4 is 5.56 Å². The van der Waals surface area contributed by atoms with Crippen molar-refractivity contribution in [2.24, 2.45) is 16.3 Å². The van der Waals surface area contributed by atoms with Gasteiger partial charge in [0.15, 0.2) is 0 Å².